The second-order valence-electron chi connectivity index (χ2n) is 2.39. The summed E-state index contributed by atoms with van der Waals surface area (Å²) in [5.74, 6) is -1.81. The van der Waals surface area contributed by atoms with Gasteiger partial charge in [0.25, 0.3) is 0 Å². The zero-order valence-corrected chi connectivity index (χ0v) is 7.62. The van der Waals surface area contributed by atoms with Gasteiger partial charge < -0.3 is 9.47 Å². The largest absolute Gasteiger partial charge is 0.468 e. The van der Waals surface area contributed by atoms with E-state index < -0.39 is 17.9 Å². The standard InChI is InChI=1S/C8H14O4/c1-4-5-6(7(9)11-2)8(10)12-3/h6H,4-5H2,1-3H3. The van der Waals surface area contributed by atoms with Crippen LogP contribution in [0.15, 0.2) is 0 Å². The molecule has 0 aliphatic rings. The number of rotatable bonds is 4. The number of carbonyl (C=O) groups is 2. The minimum absolute atomic E-state index is 0.472. The lowest BCUT2D eigenvalue weighted by Gasteiger charge is -2.10. The van der Waals surface area contributed by atoms with Gasteiger partial charge in [-0.25, -0.2) is 0 Å². The van der Waals surface area contributed by atoms with Crippen LogP contribution < -0.4 is 0 Å². The van der Waals surface area contributed by atoms with Gasteiger partial charge in [-0.3, -0.25) is 9.59 Å². The number of hydrogen-bond donors (Lipinski definition) is 0. The molecule has 4 nitrogen and oxygen atoms in total. The van der Waals surface area contributed by atoms with E-state index in [9.17, 15) is 9.59 Å². The highest BCUT2D eigenvalue weighted by Crippen LogP contribution is 2.09. The van der Waals surface area contributed by atoms with Gasteiger partial charge in [-0.1, -0.05) is 13.3 Å². The van der Waals surface area contributed by atoms with E-state index in [0.717, 1.165) is 6.42 Å². The van der Waals surface area contributed by atoms with Crippen molar-refractivity contribution in [2.75, 3.05) is 14.2 Å². The Labute approximate surface area is 71.8 Å². The molecule has 4 heteroatoms. The Morgan fingerprint density at radius 2 is 1.58 bits per heavy atom. The first-order chi connectivity index (χ1) is 5.67. The van der Waals surface area contributed by atoms with Crippen molar-refractivity contribution < 1.29 is 19.1 Å². The fourth-order valence-electron chi connectivity index (χ4n) is 0.905. The predicted molar refractivity (Wildman–Crippen MR) is 42.4 cm³/mol. The molecular weight excluding hydrogens is 160 g/mol. The lowest BCUT2D eigenvalue weighted by atomic mass is 10.0. The average molecular weight is 174 g/mol. The van der Waals surface area contributed by atoms with Crippen molar-refractivity contribution in [2.24, 2.45) is 5.92 Å². The summed E-state index contributed by atoms with van der Waals surface area (Å²) in [7, 11) is 2.52. The Morgan fingerprint density at radius 3 is 1.83 bits per heavy atom. The van der Waals surface area contributed by atoms with E-state index in [1.165, 1.54) is 14.2 Å². The molecule has 0 spiro atoms. The van der Waals surface area contributed by atoms with Gasteiger partial charge in [0.15, 0.2) is 5.92 Å². The molecule has 0 bridgehead atoms. The van der Waals surface area contributed by atoms with Crippen molar-refractivity contribution in [1.29, 1.82) is 0 Å². The van der Waals surface area contributed by atoms with Gasteiger partial charge in [0.1, 0.15) is 0 Å². The Bertz CT molecular complexity index is 148. The van der Waals surface area contributed by atoms with Crippen LogP contribution in [0.4, 0.5) is 0 Å². The van der Waals surface area contributed by atoms with E-state index in [4.69, 9.17) is 0 Å². The first-order valence-corrected chi connectivity index (χ1v) is 3.83. The highest BCUT2D eigenvalue weighted by Gasteiger charge is 2.27. The van der Waals surface area contributed by atoms with E-state index >= 15 is 0 Å². The second kappa shape index (κ2) is 5.57. The molecule has 0 aliphatic heterocycles. The van der Waals surface area contributed by atoms with Gasteiger partial charge >= 0.3 is 11.9 Å². The van der Waals surface area contributed by atoms with Gasteiger partial charge in [-0.2, -0.15) is 0 Å². The quantitative estimate of drug-likeness (QED) is 0.466. The summed E-state index contributed by atoms with van der Waals surface area (Å²) in [4.78, 5) is 22.0. The fourth-order valence-corrected chi connectivity index (χ4v) is 0.905. The predicted octanol–water partition coefficient (Wildman–Crippen LogP) is 0.749. The molecule has 0 aromatic heterocycles. The number of hydrogen-bond acceptors (Lipinski definition) is 4. The zero-order chi connectivity index (χ0) is 9.56. The zero-order valence-electron chi connectivity index (χ0n) is 7.62. The third-order valence-corrected chi connectivity index (χ3v) is 1.55. The number of ether oxygens (including phenoxy) is 2. The average Bonchev–Trinajstić information content (AvgIpc) is 2.11. The van der Waals surface area contributed by atoms with E-state index in [1.807, 2.05) is 6.92 Å². The summed E-state index contributed by atoms with van der Waals surface area (Å²) in [5.41, 5.74) is 0. The maximum absolute atomic E-state index is 11.0. The Hall–Kier alpha value is -1.06. The van der Waals surface area contributed by atoms with E-state index in [-0.39, 0.29) is 0 Å². The molecule has 0 fully saturated rings. The van der Waals surface area contributed by atoms with E-state index in [1.54, 1.807) is 0 Å². The van der Waals surface area contributed by atoms with Crippen LogP contribution in [-0.2, 0) is 19.1 Å². The summed E-state index contributed by atoms with van der Waals surface area (Å²) >= 11 is 0. The van der Waals surface area contributed by atoms with Crippen LogP contribution in [0.1, 0.15) is 19.8 Å². The number of methoxy groups -OCH3 is 2. The van der Waals surface area contributed by atoms with Gasteiger partial charge in [-0.05, 0) is 6.42 Å². The first kappa shape index (κ1) is 10.9. The van der Waals surface area contributed by atoms with Gasteiger partial charge in [0.2, 0.25) is 0 Å². The normalized spacial score (nSPS) is 9.67. The van der Waals surface area contributed by atoms with E-state index in [0.29, 0.717) is 6.42 Å². The highest BCUT2D eigenvalue weighted by molar-refractivity contribution is 5.94. The van der Waals surface area contributed by atoms with Crippen LogP contribution in [0.5, 0.6) is 0 Å². The smallest absolute Gasteiger partial charge is 0.320 e. The summed E-state index contributed by atoms with van der Waals surface area (Å²) in [6.45, 7) is 1.89. The third-order valence-electron chi connectivity index (χ3n) is 1.55. The first-order valence-electron chi connectivity index (χ1n) is 3.83. The molecule has 0 saturated carbocycles. The van der Waals surface area contributed by atoms with Crippen molar-refractivity contribution in [3.8, 4) is 0 Å². The topological polar surface area (TPSA) is 52.6 Å². The Kier molecular flexibility index (Phi) is 5.08. The van der Waals surface area contributed by atoms with Gasteiger partial charge in [-0.15, -0.1) is 0 Å². The fraction of sp³-hybridized carbons (Fsp3) is 0.750. The molecule has 0 radical (unpaired) electrons. The molecule has 70 valence electrons. The summed E-state index contributed by atoms with van der Waals surface area (Å²) < 4.78 is 8.90. The molecule has 0 heterocycles. The van der Waals surface area contributed by atoms with Crippen LogP contribution in [0.25, 0.3) is 0 Å². The Balaban J connectivity index is 4.21. The minimum Gasteiger partial charge on any atom is -0.468 e. The summed E-state index contributed by atoms with van der Waals surface area (Å²) in [5, 5.41) is 0. The maximum atomic E-state index is 11.0. The lowest BCUT2D eigenvalue weighted by molar-refractivity contribution is -0.159. The van der Waals surface area contributed by atoms with Crippen molar-refractivity contribution in [3.63, 3.8) is 0 Å². The molecule has 0 amide bonds. The Morgan fingerprint density at radius 1 is 1.17 bits per heavy atom. The van der Waals surface area contributed by atoms with Crippen LogP contribution in [0, 0.1) is 5.92 Å². The van der Waals surface area contributed by atoms with Crippen LogP contribution in [0.2, 0.25) is 0 Å². The second-order valence-corrected chi connectivity index (χ2v) is 2.39. The lowest BCUT2D eigenvalue weighted by Crippen LogP contribution is -2.26. The van der Waals surface area contributed by atoms with Crippen molar-refractivity contribution in [1.82, 2.24) is 0 Å². The monoisotopic (exact) mass is 174 g/mol. The third kappa shape index (κ3) is 2.90. The molecule has 12 heavy (non-hydrogen) atoms. The molecule has 0 saturated heterocycles. The molecule has 0 rings (SSSR count). The SMILES string of the molecule is CCCC(C(=O)OC)C(=O)OC. The van der Waals surface area contributed by atoms with E-state index in [2.05, 4.69) is 9.47 Å². The molecular formula is C8H14O4. The molecule has 0 aromatic rings. The molecule has 0 atom stereocenters. The molecule has 0 N–H and O–H groups in total. The van der Waals surface area contributed by atoms with Crippen molar-refractivity contribution in [2.45, 2.75) is 19.8 Å². The van der Waals surface area contributed by atoms with Crippen LogP contribution in [0.3, 0.4) is 0 Å². The molecule has 0 unspecified atom stereocenters. The highest BCUT2D eigenvalue weighted by atomic mass is 16.5. The van der Waals surface area contributed by atoms with Crippen molar-refractivity contribution in [3.05, 3.63) is 0 Å². The maximum Gasteiger partial charge on any atom is 0.320 e. The van der Waals surface area contributed by atoms with Crippen molar-refractivity contribution >= 4 is 11.9 Å². The summed E-state index contributed by atoms with van der Waals surface area (Å²) in [6.07, 6.45) is 1.22. The van der Waals surface area contributed by atoms with Crippen LogP contribution >= 0.6 is 0 Å². The van der Waals surface area contributed by atoms with Gasteiger partial charge in [0.05, 0.1) is 14.2 Å². The van der Waals surface area contributed by atoms with Gasteiger partial charge in [0, 0.05) is 0 Å². The van der Waals surface area contributed by atoms with Crippen LogP contribution in [-0.4, -0.2) is 26.2 Å². The molecule has 0 aromatic carbocycles. The molecule has 0 aliphatic carbocycles. The minimum atomic E-state index is -0.759. The number of carbonyl (C=O) groups excluding carboxylic acids is 2. The number of esters is 2. The summed E-state index contributed by atoms with van der Waals surface area (Å²) in [6, 6.07) is 0.